The fourth-order valence-corrected chi connectivity index (χ4v) is 2.37. The van der Waals surface area contributed by atoms with Gasteiger partial charge in [0.2, 0.25) is 0 Å². The van der Waals surface area contributed by atoms with E-state index in [2.05, 4.69) is 48.4 Å². The van der Waals surface area contributed by atoms with Gasteiger partial charge in [-0.3, -0.25) is 4.98 Å². The van der Waals surface area contributed by atoms with Crippen molar-refractivity contribution >= 4 is 0 Å². The van der Waals surface area contributed by atoms with Crippen molar-refractivity contribution < 1.29 is 4.74 Å². The number of ether oxygens (including phenoxy) is 1. The molecule has 1 unspecified atom stereocenters. The molecule has 0 aliphatic rings. The van der Waals surface area contributed by atoms with Crippen molar-refractivity contribution in [2.75, 3.05) is 14.2 Å². The highest BCUT2D eigenvalue weighted by Crippen LogP contribution is 2.25. The summed E-state index contributed by atoms with van der Waals surface area (Å²) < 4.78 is 5.41. The minimum atomic E-state index is 0.234. The number of hydrogen-bond donors (Lipinski definition) is 1. The fourth-order valence-electron chi connectivity index (χ4n) is 2.37. The lowest BCUT2D eigenvalue weighted by Crippen LogP contribution is -2.20. The second-order valence-electron chi connectivity index (χ2n) is 5.04. The smallest absolute Gasteiger partial charge is 0.122 e. The fraction of sp³-hybridized carbons (Fsp3) is 0.353. The highest BCUT2D eigenvalue weighted by Gasteiger charge is 2.13. The zero-order chi connectivity index (χ0) is 14.5. The lowest BCUT2D eigenvalue weighted by molar-refractivity contribution is 0.410. The first-order valence-corrected chi connectivity index (χ1v) is 6.88. The molecule has 3 heteroatoms. The van der Waals surface area contributed by atoms with E-state index < -0.39 is 0 Å². The number of pyridine rings is 1. The zero-order valence-corrected chi connectivity index (χ0v) is 12.6. The van der Waals surface area contributed by atoms with Gasteiger partial charge in [0.1, 0.15) is 5.75 Å². The molecular formula is C17H22N2O. The van der Waals surface area contributed by atoms with Gasteiger partial charge < -0.3 is 10.1 Å². The molecule has 1 heterocycles. The van der Waals surface area contributed by atoms with Gasteiger partial charge in [-0.1, -0.05) is 18.2 Å². The monoisotopic (exact) mass is 270 g/mol. The molecule has 1 atom stereocenters. The maximum Gasteiger partial charge on any atom is 0.122 e. The molecule has 0 spiro atoms. The van der Waals surface area contributed by atoms with Crippen LogP contribution >= 0.6 is 0 Å². The number of rotatable bonds is 5. The summed E-state index contributed by atoms with van der Waals surface area (Å²) in [6.45, 7) is 4.16. The van der Waals surface area contributed by atoms with Crippen LogP contribution in [0.1, 0.15) is 28.4 Å². The average molecular weight is 270 g/mol. The highest BCUT2D eigenvalue weighted by atomic mass is 16.5. The summed E-state index contributed by atoms with van der Waals surface area (Å²) in [7, 11) is 3.69. The van der Waals surface area contributed by atoms with Crippen molar-refractivity contribution in [3.63, 3.8) is 0 Å². The lowest BCUT2D eigenvalue weighted by atomic mass is 9.98. The molecule has 0 fully saturated rings. The van der Waals surface area contributed by atoms with Crippen molar-refractivity contribution in [1.82, 2.24) is 10.3 Å². The molecule has 2 aromatic rings. The highest BCUT2D eigenvalue weighted by molar-refractivity contribution is 5.38. The van der Waals surface area contributed by atoms with E-state index in [1.807, 2.05) is 19.3 Å². The molecule has 2 rings (SSSR count). The summed E-state index contributed by atoms with van der Waals surface area (Å²) in [4.78, 5) is 4.48. The number of methoxy groups -OCH3 is 1. The molecule has 0 amide bonds. The molecule has 0 saturated heterocycles. The van der Waals surface area contributed by atoms with Crippen LogP contribution in [-0.4, -0.2) is 19.1 Å². The molecule has 1 aromatic carbocycles. The van der Waals surface area contributed by atoms with Crippen LogP contribution in [0.4, 0.5) is 0 Å². The first kappa shape index (κ1) is 14.5. The van der Waals surface area contributed by atoms with Crippen LogP contribution in [-0.2, 0) is 6.42 Å². The molecule has 3 nitrogen and oxygen atoms in total. The molecule has 0 radical (unpaired) electrons. The third-order valence-electron chi connectivity index (χ3n) is 3.70. The van der Waals surface area contributed by atoms with Gasteiger partial charge in [-0.05, 0) is 49.7 Å². The summed E-state index contributed by atoms with van der Waals surface area (Å²) in [6.07, 6.45) is 2.72. The van der Waals surface area contributed by atoms with E-state index in [9.17, 15) is 0 Å². The van der Waals surface area contributed by atoms with E-state index >= 15 is 0 Å². The Hall–Kier alpha value is -1.87. The lowest BCUT2D eigenvalue weighted by Gasteiger charge is -2.18. The Kier molecular flexibility index (Phi) is 4.74. The van der Waals surface area contributed by atoms with Crippen molar-refractivity contribution in [2.45, 2.75) is 26.3 Å². The van der Waals surface area contributed by atoms with Crippen molar-refractivity contribution in [3.05, 3.63) is 58.9 Å². The predicted octanol–water partition coefficient (Wildman–Crippen LogP) is 3.21. The van der Waals surface area contributed by atoms with E-state index in [-0.39, 0.29) is 6.04 Å². The third kappa shape index (κ3) is 3.17. The van der Waals surface area contributed by atoms with Crippen molar-refractivity contribution in [2.24, 2.45) is 0 Å². The molecule has 0 saturated carbocycles. The Morgan fingerprint density at radius 1 is 1.20 bits per heavy atom. The SMILES string of the molecule is CNC(Cc1ncccc1C)c1ccc(C)c(OC)c1. The number of aryl methyl sites for hydroxylation is 2. The number of nitrogens with one attached hydrogen (secondary N) is 1. The Bertz CT molecular complexity index is 581. The van der Waals surface area contributed by atoms with E-state index in [1.165, 1.54) is 11.1 Å². The van der Waals surface area contributed by atoms with E-state index in [0.717, 1.165) is 23.4 Å². The quantitative estimate of drug-likeness (QED) is 0.906. The Labute approximate surface area is 121 Å². The summed E-state index contributed by atoms with van der Waals surface area (Å²) in [6, 6.07) is 10.7. The summed E-state index contributed by atoms with van der Waals surface area (Å²) in [5, 5.41) is 3.37. The van der Waals surface area contributed by atoms with Crippen molar-refractivity contribution in [3.8, 4) is 5.75 Å². The van der Waals surface area contributed by atoms with Crippen LogP contribution in [0.2, 0.25) is 0 Å². The van der Waals surface area contributed by atoms with E-state index in [1.54, 1.807) is 7.11 Å². The van der Waals surface area contributed by atoms with E-state index in [0.29, 0.717) is 0 Å². The maximum atomic E-state index is 5.41. The number of benzene rings is 1. The normalized spacial score (nSPS) is 12.2. The van der Waals surface area contributed by atoms with Gasteiger partial charge in [0.25, 0.3) is 0 Å². The summed E-state index contributed by atoms with van der Waals surface area (Å²) >= 11 is 0. The second kappa shape index (κ2) is 6.53. The Morgan fingerprint density at radius 3 is 2.65 bits per heavy atom. The Balaban J connectivity index is 2.26. The van der Waals surface area contributed by atoms with Gasteiger partial charge in [0.05, 0.1) is 7.11 Å². The summed E-state index contributed by atoms with van der Waals surface area (Å²) in [5.74, 6) is 0.931. The maximum absolute atomic E-state index is 5.41. The van der Waals surface area contributed by atoms with Gasteiger partial charge >= 0.3 is 0 Å². The van der Waals surface area contributed by atoms with Crippen LogP contribution in [0.25, 0.3) is 0 Å². The first-order valence-electron chi connectivity index (χ1n) is 6.88. The minimum Gasteiger partial charge on any atom is -0.496 e. The minimum absolute atomic E-state index is 0.234. The van der Waals surface area contributed by atoms with Gasteiger partial charge in [-0.2, -0.15) is 0 Å². The van der Waals surface area contributed by atoms with Crippen LogP contribution in [0.15, 0.2) is 36.5 Å². The molecule has 0 aliphatic carbocycles. The van der Waals surface area contributed by atoms with Gasteiger partial charge in [0.15, 0.2) is 0 Å². The number of aromatic nitrogens is 1. The molecule has 0 bridgehead atoms. The van der Waals surface area contributed by atoms with Crippen LogP contribution in [0.3, 0.4) is 0 Å². The molecule has 1 aromatic heterocycles. The third-order valence-corrected chi connectivity index (χ3v) is 3.70. The molecule has 106 valence electrons. The van der Waals surface area contributed by atoms with Crippen molar-refractivity contribution in [1.29, 1.82) is 0 Å². The topological polar surface area (TPSA) is 34.2 Å². The molecular weight excluding hydrogens is 248 g/mol. The first-order chi connectivity index (χ1) is 9.65. The number of nitrogens with zero attached hydrogens (tertiary/aromatic N) is 1. The van der Waals surface area contributed by atoms with Gasteiger partial charge in [0, 0.05) is 24.4 Å². The molecule has 20 heavy (non-hydrogen) atoms. The average Bonchev–Trinajstić information content (AvgIpc) is 2.47. The van der Waals surface area contributed by atoms with Crippen LogP contribution in [0, 0.1) is 13.8 Å². The van der Waals surface area contributed by atoms with E-state index in [4.69, 9.17) is 4.74 Å². The summed E-state index contributed by atoms with van der Waals surface area (Å²) in [5.41, 5.74) is 4.73. The standard InChI is InChI=1S/C17H22N2O/c1-12-6-5-9-19-15(12)11-16(18-3)14-8-7-13(2)17(10-14)20-4/h5-10,16,18H,11H2,1-4H3. The van der Waals surface area contributed by atoms with Crippen LogP contribution in [0.5, 0.6) is 5.75 Å². The second-order valence-corrected chi connectivity index (χ2v) is 5.04. The predicted molar refractivity (Wildman–Crippen MR) is 82.2 cm³/mol. The zero-order valence-electron chi connectivity index (χ0n) is 12.6. The molecule has 0 aliphatic heterocycles. The Morgan fingerprint density at radius 2 is 2.00 bits per heavy atom. The van der Waals surface area contributed by atoms with Gasteiger partial charge in [-0.15, -0.1) is 0 Å². The van der Waals surface area contributed by atoms with Crippen LogP contribution < -0.4 is 10.1 Å². The number of likely N-dealkylation sites (N-methyl/N-ethyl adjacent to an activating group) is 1. The number of hydrogen-bond acceptors (Lipinski definition) is 3. The molecule has 1 N–H and O–H groups in total. The largest absolute Gasteiger partial charge is 0.496 e. The van der Waals surface area contributed by atoms with Gasteiger partial charge in [-0.25, -0.2) is 0 Å².